The number of amides is 2. The largest absolute Gasteiger partial charge is 0.339 e. The number of benzene rings is 2. The lowest BCUT2D eigenvalue weighted by molar-refractivity contribution is 0.252. The summed E-state index contributed by atoms with van der Waals surface area (Å²) in [7, 11) is 0. The fourth-order valence-corrected chi connectivity index (χ4v) is 2.34. The molecule has 0 saturated carbocycles. The molecule has 0 atom stereocenters. The van der Waals surface area contributed by atoms with Crippen molar-refractivity contribution in [3.63, 3.8) is 0 Å². The van der Waals surface area contributed by atoms with E-state index in [0.717, 1.165) is 17.5 Å². The number of hydrogen-bond acceptors (Lipinski definition) is 4. The van der Waals surface area contributed by atoms with E-state index in [0.29, 0.717) is 30.4 Å². The molecule has 0 saturated heterocycles. The molecule has 3 aromatic rings. The van der Waals surface area contributed by atoms with Crippen molar-refractivity contribution in [2.75, 3.05) is 11.9 Å². The summed E-state index contributed by atoms with van der Waals surface area (Å²) in [4.78, 5) is 16.0. The Hall–Kier alpha value is -3.22. The van der Waals surface area contributed by atoms with E-state index >= 15 is 0 Å². The topological polar surface area (TPSA) is 80.0 Å². The number of urea groups is 1. The fraction of sp³-hybridized carbons (Fsp3) is 0.211. The molecule has 0 bridgehead atoms. The third kappa shape index (κ3) is 4.66. The van der Waals surface area contributed by atoms with Crippen LogP contribution in [0.25, 0.3) is 11.4 Å². The molecule has 134 valence electrons. The number of rotatable bonds is 6. The van der Waals surface area contributed by atoms with Crippen LogP contribution in [0, 0.1) is 5.82 Å². The maximum Gasteiger partial charge on any atom is 0.319 e. The van der Waals surface area contributed by atoms with Gasteiger partial charge in [-0.25, -0.2) is 9.18 Å². The molecule has 1 aromatic heterocycles. The number of halogens is 1. The zero-order chi connectivity index (χ0) is 18.4. The van der Waals surface area contributed by atoms with E-state index in [1.165, 1.54) is 12.1 Å². The summed E-state index contributed by atoms with van der Waals surface area (Å²) in [6.45, 7) is 2.62. The molecule has 0 radical (unpaired) electrons. The van der Waals surface area contributed by atoms with Crippen LogP contribution >= 0.6 is 0 Å². The van der Waals surface area contributed by atoms with E-state index in [-0.39, 0.29) is 11.8 Å². The lowest BCUT2D eigenvalue weighted by Gasteiger charge is -2.06. The minimum absolute atomic E-state index is 0.235. The Morgan fingerprint density at radius 1 is 1.12 bits per heavy atom. The van der Waals surface area contributed by atoms with Crippen LogP contribution in [-0.2, 0) is 6.42 Å². The molecule has 3 rings (SSSR count). The zero-order valence-corrected chi connectivity index (χ0v) is 14.3. The lowest BCUT2D eigenvalue weighted by atomic mass is 10.1. The summed E-state index contributed by atoms with van der Waals surface area (Å²) in [5, 5.41) is 9.47. The highest BCUT2D eigenvalue weighted by Crippen LogP contribution is 2.19. The SMILES string of the molecule is CCCNC(=O)Nc1ccc(-c2noc(Cc3ccc(F)cc3)n2)cc1. The molecule has 0 unspecified atom stereocenters. The van der Waals surface area contributed by atoms with Crippen LogP contribution in [0.4, 0.5) is 14.9 Å². The molecule has 26 heavy (non-hydrogen) atoms. The molecule has 0 aliphatic rings. The average Bonchev–Trinajstić information content (AvgIpc) is 3.11. The van der Waals surface area contributed by atoms with E-state index in [4.69, 9.17) is 4.52 Å². The van der Waals surface area contributed by atoms with Crippen molar-refractivity contribution >= 4 is 11.7 Å². The van der Waals surface area contributed by atoms with Gasteiger partial charge in [-0.3, -0.25) is 0 Å². The molecular formula is C19H19FN4O2. The maximum absolute atomic E-state index is 12.9. The zero-order valence-electron chi connectivity index (χ0n) is 14.3. The Bertz CT molecular complexity index is 860. The fourth-order valence-electron chi connectivity index (χ4n) is 2.34. The number of anilines is 1. The smallest absolute Gasteiger partial charge is 0.319 e. The molecule has 0 spiro atoms. The van der Waals surface area contributed by atoms with Gasteiger partial charge in [0, 0.05) is 17.8 Å². The van der Waals surface area contributed by atoms with Gasteiger partial charge in [0.2, 0.25) is 11.7 Å². The molecule has 0 fully saturated rings. The Balaban J connectivity index is 1.63. The number of carbonyl (C=O) groups excluding carboxylic acids is 1. The first kappa shape index (κ1) is 17.6. The minimum Gasteiger partial charge on any atom is -0.339 e. The highest BCUT2D eigenvalue weighted by atomic mass is 19.1. The van der Waals surface area contributed by atoms with Crippen molar-refractivity contribution in [1.29, 1.82) is 0 Å². The van der Waals surface area contributed by atoms with Crippen LogP contribution in [0.1, 0.15) is 24.8 Å². The second-order valence-corrected chi connectivity index (χ2v) is 5.77. The van der Waals surface area contributed by atoms with Crippen LogP contribution in [0.2, 0.25) is 0 Å². The van der Waals surface area contributed by atoms with E-state index < -0.39 is 0 Å². The van der Waals surface area contributed by atoms with Gasteiger partial charge in [0.25, 0.3) is 0 Å². The van der Waals surface area contributed by atoms with Crippen LogP contribution in [0.5, 0.6) is 0 Å². The highest BCUT2D eigenvalue weighted by molar-refractivity contribution is 5.89. The molecule has 6 nitrogen and oxygen atoms in total. The maximum atomic E-state index is 12.9. The third-order valence-electron chi connectivity index (χ3n) is 3.67. The summed E-state index contributed by atoms with van der Waals surface area (Å²) in [5.74, 6) is 0.633. The van der Waals surface area contributed by atoms with Gasteiger partial charge in [-0.05, 0) is 48.4 Å². The van der Waals surface area contributed by atoms with E-state index in [2.05, 4.69) is 20.8 Å². The van der Waals surface area contributed by atoms with Crippen molar-refractivity contribution in [2.45, 2.75) is 19.8 Å². The Morgan fingerprint density at radius 2 is 1.85 bits per heavy atom. The molecule has 2 amide bonds. The van der Waals surface area contributed by atoms with Crippen molar-refractivity contribution in [3.8, 4) is 11.4 Å². The summed E-state index contributed by atoms with van der Waals surface area (Å²) in [6, 6.07) is 13.1. The number of hydrogen-bond donors (Lipinski definition) is 2. The summed E-state index contributed by atoms with van der Waals surface area (Å²) >= 11 is 0. The highest BCUT2D eigenvalue weighted by Gasteiger charge is 2.10. The standard InChI is InChI=1S/C19H19FN4O2/c1-2-11-21-19(25)22-16-9-5-14(6-10-16)18-23-17(26-24-18)12-13-3-7-15(20)8-4-13/h3-10H,2,11-12H2,1H3,(H2,21,22,25). The second-order valence-electron chi connectivity index (χ2n) is 5.77. The van der Waals surface area contributed by atoms with Gasteiger partial charge in [-0.15, -0.1) is 0 Å². The van der Waals surface area contributed by atoms with Gasteiger partial charge < -0.3 is 15.2 Å². The Labute approximate surface area is 150 Å². The van der Waals surface area contributed by atoms with Gasteiger partial charge in [-0.2, -0.15) is 4.98 Å². The predicted octanol–water partition coefficient (Wildman–Crippen LogP) is 4.00. The van der Waals surface area contributed by atoms with Crippen molar-refractivity contribution in [2.24, 2.45) is 0 Å². The Morgan fingerprint density at radius 3 is 2.54 bits per heavy atom. The number of carbonyl (C=O) groups is 1. The molecule has 0 aliphatic heterocycles. The van der Waals surface area contributed by atoms with E-state index in [9.17, 15) is 9.18 Å². The molecule has 2 N–H and O–H groups in total. The lowest BCUT2D eigenvalue weighted by Crippen LogP contribution is -2.29. The summed E-state index contributed by atoms with van der Waals surface area (Å²) in [5.41, 5.74) is 2.34. The van der Waals surface area contributed by atoms with Gasteiger partial charge in [-0.1, -0.05) is 24.2 Å². The van der Waals surface area contributed by atoms with Crippen LogP contribution < -0.4 is 10.6 Å². The Kier molecular flexibility index (Phi) is 5.58. The van der Waals surface area contributed by atoms with E-state index in [1.54, 1.807) is 24.3 Å². The molecular weight excluding hydrogens is 335 g/mol. The number of aromatic nitrogens is 2. The van der Waals surface area contributed by atoms with Gasteiger partial charge >= 0.3 is 6.03 Å². The molecule has 0 aliphatic carbocycles. The second kappa shape index (κ2) is 8.24. The first-order chi connectivity index (χ1) is 12.6. The third-order valence-corrected chi connectivity index (χ3v) is 3.67. The predicted molar refractivity (Wildman–Crippen MR) is 96.3 cm³/mol. The van der Waals surface area contributed by atoms with Crippen LogP contribution in [0.15, 0.2) is 53.1 Å². The van der Waals surface area contributed by atoms with Crippen molar-refractivity contribution in [1.82, 2.24) is 15.5 Å². The van der Waals surface area contributed by atoms with Gasteiger partial charge in [0.15, 0.2) is 0 Å². The van der Waals surface area contributed by atoms with Gasteiger partial charge in [0.05, 0.1) is 6.42 Å². The summed E-state index contributed by atoms with van der Waals surface area (Å²) in [6.07, 6.45) is 1.31. The average molecular weight is 354 g/mol. The summed E-state index contributed by atoms with van der Waals surface area (Å²) < 4.78 is 18.2. The minimum atomic E-state index is -0.281. The van der Waals surface area contributed by atoms with Gasteiger partial charge in [0.1, 0.15) is 5.82 Å². The first-order valence-corrected chi connectivity index (χ1v) is 8.36. The quantitative estimate of drug-likeness (QED) is 0.701. The normalized spacial score (nSPS) is 10.5. The van der Waals surface area contributed by atoms with Crippen molar-refractivity contribution in [3.05, 3.63) is 65.8 Å². The molecule has 2 aromatic carbocycles. The molecule has 1 heterocycles. The first-order valence-electron chi connectivity index (χ1n) is 8.36. The monoisotopic (exact) mass is 354 g/mol. The molecule has 7 heteroatoms. The number of nitrogens with one attached hydrogen (secondary N) is 2. The van der Waals surface area contributed by atoms with Crippen LogP contribution in [0.3, 0.4) is 0 Å². The van der Waals surface area contributed by atoms with Crippen molar-refractivity contribution < 1.29 is 13.7 Å². The van der Waals surface area contributed by atoms with E-state index in [1.807, 2.05) is 19.1 Å². The number of nitrogens with zero attached hydrogens (tertiary/aromatic N) is 2. The van der Waals surface area contributed by atoms with Crippen LogP contribution in [-0.4, -0.2) is 22.7 Å².